The molecule has 2 fully saturated rings. The van der Waals surface area contributed by atoms with Crippen molar-refractivity contribution < 1.29 is 28.1 Å². The molecule has 0 bridgehead atoms. The number of aromatic nitrogens is 2. The molecule has 45 heavy (non-hydrogen) atoms. The van der Waals surface area contributed by atoms with E-state index in [1.807, 2.05) is 11.9 Å². The molecule has 3 aromatic carbocycles. The monoisotopic (exact) mass is 620 g/mol. The van der Waals surface area contributed by atoms with Gasteiger partial charge < -0.3 is 19.8 Å². The van der Waals surface area contributed by atoms with Gasteiger partial charge in [-0.1, -0.05) is 18.1 Å². The van der Waals surface area contributed by atoms with Crippen molar-refractivity contribution in [3.8, 4) is 35.2 Å². The highest BCUT2D eigenvalue weighted by atomic mass is 19.1. The minimum absolute atomic E-state index is 0.0128. The molecule has 0 aliphatic carbocycles. The Morgan fingerprint density at radius 2 is 1.93 bits per heavy atom. The lowest BCUT2D eigenvalue weighted by atomic mass is 9.93. The summed E-state index contributed by atoms with van der Waals surface area (Å²) in [7, 11) is 3.22. The van der Waals surface area contributed by atoms with Gasteiger partial charge in [-0.05, 0) is 87.7 Å². The highest BCUT2D eigenvalue weighted by Gasteiger charge is 2.34. The minimum atomic E-state index is -0.798. The van der Waals surface area contributed by atoms with Crippen LogP contribution in [0.15, 0.2) is 36.4 Å². The van der Waals surface area contributed by atoms with Gasteiger partial charge in [0.15, 0.2) is 5.82 Å². The van der Waals surface area contributed by atoms with Crippen molar-refractivity contribution in [1.82, 2.24) is 14.9 Å². The molecule has 2 atom stereocenters. The fraction of sp³-hybridized carbons (Fsp3) is 0.429. The first-order valence-electron chi connectivity index (χ1n) is 15.2. The Balaban J connectivity index is 0.000000377. The maximum atomic E-state index is 16.1. The van der Waals surface area contributed by atoms with Crippen LogP contribution in [0.5, 0.6) is 11.8 Å². The number of methoxy groups -OCH3 is 1. The molecule has 0 spiro atoms. The van der Waals surface area contributed by atoms with E-state index in [1.54, 1.807) is 26.0 Å². The average molecular weight is 621 g/mol. The van der Waals surface area contributed by atoms with E-state index in [-0.39, 0.29) is 34.0 Å². The van der Waals surface area contributed by atoms with E-state index in [2.05, 4.69) is 20.8 Å². The number of alkyl halides is 1. The number of aromatic hydroxyl groups is 1. The number of terminal acetylenes is 1. The maximum Gasteiger partial charge on any atom is 0.318 e. The summed E-state index contributed by atoms with van der Waals surface area (Å²) < 4.78 is 48.5. The highest BCUT2D eigenvalue weighted by molar-refractivity contribution is 6.04. The van der Waals surface area contributed by atoms with Crippen molar-refractivity contribution in [2.75, 3.05) is 38.7 Å². The third kappa shape index (κ3) is 6.95. The van der Waals surface area contributed by atoms with Crippen molar-refractivity contribution >= 4 is 27.5 Å². The molecule has 6 rings (SSSR count). The molecular formula is C35H39F3N4O3. The molecule has 2 aliphatic rings. The van der Waals surface area contributed by atoms with Gasteiger partial charge in [0.2, 0.25) is 0 Å². The summed E-state index contributed by atoms with van der Waals surface area (Å²) in [5.74, 6) is 1.41. The summed E-state index contributed by atoms with van der Waals surface area (Å²) in [5, 5.41) is 21.6. The first kappa shape index (κ1) is 32.3. The predicted molar refractivity (Wildman–Crippen MR) is 171 cm³/mol. The molecule has 2 unspecified atom stereocenters. The van der Waals surface area contributed by atoms with Gasteiger partial charge in [-0.15, -0.1) is 6.42 Å². The fourth-order valence-corrected chi connectivity index (χ4v) is 6.38. The number of hydrogen-bond donors (Lipinski definition) is 2. The Bertz CT molecular complexity index is 1740. The number of fused-ring (bicyclic) bond motifs is 3. The van der Waals surface area contributed by atoms with E-state index in [1.165, 1.54) is 44.2 Å². The van der Waals surface area contributed by atoms with E-state index >= 15 is 4.39 Å². The van der Waals surface area contributed by atoms with Crippen molar-refractivity contribution in [3.05, 3.63) is 53.6 Å². The molecule has 0 saturated carbocycles. The zero-order chi connectivity index (χ0) is 32.5. The lowest BCUT2D eigenvalue weighted by Gasteiger charge is -2.23. The van der Waals surface area contributed by atoms with Gasteiger partial charge in [0.25, 0.3) is 0 Å². The van der Waals surface area contributed by atoms with Crippen LogP contribution < -0.4 is 9.64 Å². The number of hydrogen-bond acceptors (Lipinski definition) is 7. The van der Waals surface area contributed by atoms with Crippen LogP contribution >= 0.6 is 0 Å². The second-order valence-electron chi connectivity index (χ2n) is 12.5. The number of benzene rings is 3. The molecule has 1 aromatic heterocycles. The number of nitrogens with zero attached hydrogens (tertiary/aromatic N) is 4. The SMILES string of the molecule is C#Cc1c(F)ccc2cc(O)cc(-c3ccc4c(N(C)CCCC(C)(C)O)nc(OC)nc4c3F)c12.FC1CC2CCCN2C1. The molecule has 238 valence electrons. The highest BCUT2D eigenvalue weighted by Crippen LogP contribution is 2.40. The molecule has 10 heteroatoms. The number of halogens is 3. The van der Waals surface area contributed by atoms with Crippen molar-refractivity contribution in [1.29, 1.82) is 0 Å². The van der Waals surface area contributed by atoms with Crippen LogP contribution in [0.25, 0.3) is 32.8 Å². The number of phenolic OH excluding ortho intramolecular Hbond substituents is 1. The van der Waals surface area contributed by atoms with E-state index in [0.717, 1.165) is 13.0 Å². The van der Waals surface area contributed by atoms with Gasteiger partial charge in [-0.3, -0.25) is 4.90 Å². The number of ether oxygens (including phenoxy) is 1. The molecule has 0 amide bonds. The third-order valence-corrected chi connectivity index (χ3v) is 8.54. The van der Waals surface area contributed by atoms with Crippen LogP contribution in [-0.4, -0.2) is 76.7 Å². The number of aliphatic hydroxyl groups is 1. The van der Waals surface area contributed by atoms with Crippen LogP contribution in [-0.2, 0) is 0 Å². The van der Waals surface area contributed by atoms with E-state index in [9.17, 15) is 19.0 Å². The van der Waals surface area contributed by atoms with Crippen LogP contribution in [0.2, 0.25) is 0 Å². The van der Waals surface area contributed by atoms with Crippen LogP contribution in [0.4, 0.5) is 19.0 Å². The quantitative estimate of drug-likeness (QED) is 0.225. The Labute approximate surface area is 261 Å². The first-order chi connectivity index (χ1) is 21.4. The lowest BCUT2D eigenvalue weighted by molar-refractivity contribution is 0.0694. The molecule has 2 N–H and O–H groups in total. The van der Waals surface area contributed by atoms with Crippen molar-refractivity contribution in [3.63, 3.8) is 0 Å². The largest absolute Gasteiger partial charge is 0.508 e. The zero-order valence-electron chi connectivity index (χ0n) is 26.1. The topological polar surface area (TPSA) is 82.0 Å². The number of anilines is 1. The van der Waals surface area contributed by atoms with E-state index < -0.39 is 23.4 Å². The second kappa shape index (κ2) is 13.1. The van der Waals surface area contributed by atoms with Gasteiger partial charge in [0.05, 0.1) is 18.3 Å². The average Bonchev–Trinajstić information content (AvgIpc) is 3.57. The maximum absolute atomic E-state index is 16.1. The van der Waals surface area contributed by atoms with Crippen molar-refractivity contribution in [2.24, 2.45) is 0 Å². The molecule has 0 radical (unpaired) electrons. The van der Waals surface area contributed by atoms with Crippen molar-refractivity contribution in [2.45, 2.75) is 63.8 Å². The summed E-state index contributed by atoms with van der Waals surface area (Å²) in [5.41, 5.74) is -0.460. The third-order valence-electron chi connectivity index (χ3n) is 8.54. The smallest absolute Gasteiger partial charge is 0.318 e. The zero-order valence-corrected chi connectivity index (χ0v) is 26.1. The summed E-state index contributed by atoms with van der Waals surface area (Å²) in [6.45, 7) is 5.91. The molecule has 3 heterocycles. The van der Waals surface area contributed by atoms with Gasteiger partial charge in [0.1, 0.15) is 29.1 Å². The summed E-state index contributed by atoms with van der Waals surface area (Å²) in [4.78, 5) is 12.8. The van der Waals surface area contributed by atoms with E-state index in [0.29, 0.717) is 53.9 Å². The Morgan fingerprint density at radius 1 is 1.16 bits per heavy atom. The Morgan fingerprint density at radius 3 is 2.62 bits per heavy atom. The molecule has 2 saturated heterocycles. The van der Waals surface area contributed by atoms with E-state index in [4.69, 9.17) is 11.2 Å². The fourth-order valence-electron chi connectivity index (χ4n) is 6.38. The Hall–Kier alpha value is -4.07. The van der Waals surface area contributed by atoms with Crippen LogP contribution in [0.3, 0.4) is 0 Å². The second-order valence-corrected chi connectivity index (χ2v) is 12.5. The first-order valence-corrected chi connectivity index (χ1v) is 15.2. The normalized spacial score (nSPS) is 18.0. The van der Waals surface area contributed by atoms with Gasteiger partial charge in [0, 0.05) is 42.5 Å². The molecule has 2 aliphatic heterocycles. The molecule has 4 aromatic rings. The van der Waals surface area contributed by atoms with Gasteiger partial charge in [-0.25, -0.2) is 13.2 Å². The van der Waals surface area contributed by atoms with Crippen LogP contribution in [0, 0.1) is 24.0 Å². The minimum Gasteiger partial charge on any atom is -0.508 e. The Kier molecular flexibility index (Phi) is 9.42. The summed E-state index contributed by atoms with van der Waals surface area (Å²) in [6, 6.07) is 9.33. The molecule has 7 nitrogen and oxygen atoms in total. The predicted octanol–water partition coefficient (Wildman–Crippen LogP) is 6.60. The summed E-state index contributed by atoms with van der Waals surface area (Å²) in [6.07, 6.45) is 9.66. The summed E-state index contributed by atoms with van der Waals surface area (Å²) >= 11 is 0. The standard InChI is InChI=1S/C28H27F2N3O3.C7H12FN/c1-6-18-22(29)11-8-16-14-17(34)15-21(23(16)18)19-9-10-20-25(24(19)30)31-27(36-5)32-26(20)33(4)13-7-12-28(2,3)35;8-6-4-7-2-1-3-9(7)5-6/h1,8-11,14-15,34-35H,7,12-13H2,2-5H3;6-7H,1-5H2. The van der Waals surface area contributed by atoms with Gasteiger partial charge >= 0.3 is 6.01 Å². The number of phenols is 1. The van der Waals surface area contributed by atoms with Crippen LogP contribution in [0.1, 0.15) is 51.5 Å². The lowest BCUT2D eigenvalue weighted by Crippen LogP contribution is -2.25. The number of rotatable bonds is 7. The molecular weight excluding hydrogens is 581 g/mol. The van der Waals surface area contributed by atoms with Gasteiger partial charge in [-0.2, -0.15) is 9.97 Å².